The zero-order chi connectivity index (χ0) is 24.0. The summed E-state index contributed by atoms with van der Waals surface area (Å²) in [6.45, 7) is 13.1. The highest BCUT2D eigenvalue weighted by atomic mass is 16.5. The van der Waals surface area contributed by atoms with Crippen LogP contribution in [0.15, 0.2) is 23.8 Å². The lowest BCUT2D eigenvalue weighted by Crippen LogP contribution is -2.64. The summed E-state index contributed by atoms with van der Waals surface area (Å²) in [5, 5.41) is 0. The number of allylic oxidation sites excluding steroid dienone is 3. The number of cyclic esters (lactones) is 1. The Morgan fingerprint density at radius 2 is 1.85 bits per heavy atom. The summed E-state index contributed by atoms with van der Waals surface area (Å²) in [6, 6.07) is 0. The van der Waals surface area contributed by atoms with Gasteiger partial charge in [-0.3, -0.25) is 14.4 Å². The lowest BCUT2D eigenvalue weighted by Gasteiger charge is -2.66. The van der Waals surface area contributed by atoms with Gasteiger partial charge in [0.05, 0.1) is 13.0 Å². The zero-order valence-electron chi connectivity index (χ0n) is 20.9. The molecule has 5 nitrogen and oxygen atoms in total. The summed E-state index contributed by atoms with van der Waals surface area (Å²) >= 11 is 0. The second kappa shape index (κ2) is 7.05. The van der Waals surface area contributed by atoms with Crippen molar-refractivity contribution in [1.82, 2.24) is 0 Å². The topological polar surface area (TPSA) is 69.7 Å². The molecule has 5 rings (SSSR count). The Kier molecular flexibility index (Phi) is 4.89. The Labute approximate surface area is 197 Å². The summed E-state index contributed by atoms with van der Waals surface area (Å²) in [7, 11) is 0. The second-order valence-corrected chi connectivity index (χ2v) is 12.6. The molecule has 180 valence electrons. The van der Waals surface area contributed by atoms with E-state index < -0.39 is 5.41 Å². The molecule has 1 aliphatic heterocycles. The van der Waals surface area contributed by atoms with E-state index in [1.807, 2.05) is 6.08 Å². The van der Waals surface area contributed by atoms with Gasteiger partial charge in [0.15, 0.2) is 5.78 Å². The molecule has 1 heterocycles. The van der Waals surface area contributed by atoms with Gasteiger partial charge in [0.25, 0.3) is 0 Å². The van der Waals surface area contributed by atoms with E-state index in [0.29, 0.717) is 25.4 Å². The predicted molar refractivity (Wildman–Crippen MR) is 124 cm³/mol. The number of ether oxygens (including phenoxy) is 2. The van der Waals surface area contributed by atoms with Crippen molar-refractivity contribution in [3.05, 3.63) is 23.8 Å². The van der Waals surface area contributed by atoms with E-state index in [4.69, 9.17) is 9.47 Å². The normalized spacial score (nSPS) is 47.8. The number of carbonyl (C=O) groups is 3. The summed E-state index contributed by atoms with van der Waals surface area (Å²) < 4.78 is 11.5. The molecule has 8 atom stereocenters. The number of ketones is 1. The van der Waals surface area contributed by atoms with Crippen molar-refractivity contribution in [3.8, 4) is 0 Å². The van der Waals surface area contributed by atoms with Crippen molar-refractivity contribution in [2.24, 2.45) is 45.3 Å². The van der Waals surface area contributed by atoms with E-state index in [9.17, 15) is 14.4 Å². The van der Waals surface area contributed by atoms with Crippen LogP contribution >= 0.6 is 0 Å². The van der Waals surface area contributed by atoms with Gasteiger partial charge in [-0.15, -0.1) is 0 Å². The molecule has 33 heavy (non-hydrogen) atoms. The van der Waals surface area contributed by atoms with Gasteiger partial charge in [-0.05, 0) is 60.3 Å². The quantitative estimate of drug-likeness (QED) is 0.432. The highest BCUT2D eigenvalue weighted by Crippen LogP contribution is 2.72. The first-order valence-electron chi connectivity index (χ1n) is 12.6. The predicted octanol–water partition coefficient (Wildman–Crippen LogP) is 5.04. The van der Waals surface area contributed by atoms with Crippen LogP contribution in [0.4, 0.5) is 0 Å². The third kappa shape index (κ3) is 2.93. The van der Waals surface area contributed by atoms with Crippen molar-refractivity contribution in [3.63, 3.8) is 0 Å². The molecule has 0 radical (unpaired) electrons. The van der Waals surface area contributed by atoms with Crippen LogP contribution in [-0.4, -0.2) is 30.4 Å². The first-order valence-corrected chi connectivity index (χ1v) is 12.6. The number of hydrogen-bond donors (Lipinski definition) is 0. The highest BCUT2D eigenvalue weighted by molar-refractivity contribution is 5.95. The van der Waals surface area contributed by atoms with Crippen molar-refractivity contribution >= 4 is 17.7 Å². The fraction of sp³-hybridized carbons (Fsp3) is 0.750. The minimum atomic E-state index is -0.488. The molecule has 3 fully saturated rings. The molecule has 0 bridgehead atoms. The molecule has 5 aliphatic rings. The molecule has 2 saturated carbocycles. The molecular formula is C28H38O5. The van der Waals surface area contributed by atoms with Crippen LogP contribution in [0, 0.1) is 45.3 Å². The maximum absolute atomic E-state index is 12.9. The van der Waals surface area contributed by atoms with Gasteiger partial charge in [0.1, 0.15) is 6.10 Å². The van der Waals surface area contributed by atoms with E-state index in [1.54, 1.807) is 0 Å². The van der Waals surface area contributed by atoms with Gasteiger partial charge in [-0.1, -0.05) is 52.3 Å². The Hall–Kier alpha value is -1.91. The molecule has 5 heteroatoms. The van der Waals surface area contributed by atoms with Crippen LogP contribution in [0.5, 0.6) is 0 Å². The molecule has 1 saturated heterocycles. The molecule has 0 N–H and O–H groups in total. The lowest BCUT2D eigenvalue weighted by atomic mass is 9.38. The summed E-state index contributed by atoms with van der Waals surface area (Å²) in [5.41, 5.74) is 0.441. The number of carbonyl (C=O) groups excluding carboxylic acids is 3. The van der Waals surface area contributed by atoms with Gasteiger partial charge in [0.2, 0.25) is 0 Å². The fourth-order valence-electron chi connectivity index (χ4n) is 9.16. The minimum Gasteiger partial charge on any atom is -0.465 e. The van der Waals surface area contributed by atoms with Crippen LogP contribution in [0.1, 0.15) is 73.6 Å². The highest BCUT2D eigenvalue weighted by Gasteiger charge is 2.68. The maximum Gasteiger partial charge on any atom is 0.306 e. The monoisotopic (exact) mass is 454 g/mol. The van der Waals surface area contributed by atoms with Crippen LogP contribution in [0.3, 0.4) is 0 Å². The van der Waals surface area contributed by atoms with Crippen LogP contribution in [-0.2, 0) is 23.9 Å². The van der Waals surface area contributed by atoms with Crippen molar-refractivity contribution in [1.29, 1.82) is 0 Å². The Balaban J connectivity index is 1.60. The molecule has 0 amide bonds. The van der Waals surface area contributed by atoms with E-state index in [1.165, 1.54) is 12.5 Å². The Morgan fingerprint density at radius 3 is 2.48 bits per heavy atom. The van der Waals surface area contributed by atoms with Crippen molar-refractivity contribution in [2.45, 2.75) is 79.8 Å². The molecule has 0 aromatic carbocycles. The average molecular weight is 455 g/mol. The second-order valence-electron chi connectivity index (χ2n) is 12.6. The molecule has 0 spiro atoms. The van der Waals surface area contributed by atoms with Gasteiger partial charge in [-0.25, -0.2) is 0 Å². The molecule has 0 aromatic rings. The summed E-state index contributed by atoms with van der Waals surface area (Å²) in [6.07, 6.45) is 10.3. The maximum atomic E-state index is 12.9. The van der Waals surface area contributed by atoms with Crippen molar-refractivity contribution in [2.75, 3.05) is 6.61 Å². The van der Waals surface area contributed by atoms with Gasteiger partial charge >= 0.3 is 11.9 Å². The van der Waals surface area contributed by atoms with Crippen LogP contribution < -0.4 is 0 Å². The number of esters is 2. The fourth-order valence-corrected chi connectivity index (χ4v) is 9.16. The van der Waals surface area contributed by atoms with E-state index in [0.717, 1.165) is 19.3 Å². The van der Waals surface area contributed by atoms with E-state index >= 15 is 0 Å². The first kappa shape index (κ1) is 22.9. The van der Waals surface area contributed by atoms with Gasteiger partial charge in [-0.2, -0.15) is 0 Å². The molecule has 0 unspecified atom stereocenters. The average Bonchev–Trinajstić information content (AvgIpc) is 3.30. The SMILES string of the molecule is CC(=O)O[C@@H]1C[C@H]2C(C)(C)C(=O)C=C[C@]2(C)[C@H]2CC[C@]3(C)C(=CC[C@H]3[C@H]3COC(=O)C3)[C@@]21C. The van der Waals surface area contributed by atoms with Crippen molar-refractivity contribution < 1.29 is 23.9 Å². The van der Waals surface area contributed by atoms with Crippen LogP contribution in [0.25, 0.3) is 0 Å². The number of rotatable bonds is 2. The van der Waals surface area contributed by atoms with Crippen LogP contribution in [0.2, 0.25) is 0 Å². The summed E-state index contributed by atoms with van der Waals surface area (Å²) in [5.74, 6) is 0.853. The minimum absolute atomic E-state index is 0.0325. The molecule has 4 aliphatic carbocycles. The van der Waals surface area contributed by atoms with Gasteiger partial charge < -0.3 is 9.47 Å². The van der Waals surface area contributed by atoms with Gasteiger partial charge in [0, 0.05) is 23.7 Å². The largest absolute Gasteiger partial charge is 0.465 e. The molecule has 0 aromatic heterocycles. The number of fused-ring (bicyclic) bond motifs is 5. The Morgan fingerprint density at radius 1 is 1.12 bits per heavy atom. The van der Waals surface area contributed by atoms with E-state index in [-0.39, 0.29) is 57.8 Å². The van der Waals surface area contributed by atoms with E-state index in [2.05, 4.69) is 46.8 Å². The third-order valence-corrected chi connectivity index (χ3v) is 10.8. The number of hydrogen-bond acceptors (Lipinski definition) is 5. The Bertz CT molecular complexity index is 975. The smallest absolute Gasteiger partial charge is 0.306 e. The lowest BCUT2D eigenvalue weighted by molar-refractivity contribution is -0.188. The summed E-state index contributed by atoms with van der Waals surface area (Å²) in [4.78, 5) is 37.1. The standard InChI is InChI=1S/C28H38O5/c1-16(29)33-23-14-21-25(2,3)22(30)10-12-27(21,5)20-9-11-26(4)18(17-13-24(31)32-15-17)7-8-19(26)28(20,23)6/h8,10,12,17-18,20-21,23H,7,9,11,13-15H2,1-6H3/t17-,18+,20-,21+,23-,26+,27-,28+/m1/s1. The first-order chi connectivity index (χ1) is 15.3. The zero-order valence-corrected chi connectivity index (χ0v) is 20.9. The third-order valence-electron chi connectivity index (χ3n) is 10.8. The molecular weight excluding hydrogens is 416 g/mol.